The molecule has 0 bridgehead atoms. The van der Waals surface area contributed by atoms with Gasteiger partial charge in [0.15, 0.2) is 22.8 Å². The SMILES string of the molecule is CCCCCCCCCC(C)CCCCCCCC(=O)SCCNC(=O)CCNC(=O)C(O)C(C)(C)COP(=O)(O)OP(=O)(O)OCC1OC(n2cnc3c(N)ncnc32)C(O)C1OP(=O)(O)O. The molecule has 8 unspecified atom stereocenters. The third-order valence-electron chi connectivity index (χ3n) is 11.1. The largest absolute Gasteiger partial charge is 0.481 e. The Morgan fingerprint density at radius 1 is 0.882 bits per heavy atom. The molecule has 0 aromatic carbocycles. The predicted molar refractivity (Wildman–Crippen MR) is 251 cm³/mol. The molecular formula is C40H72N7O17P3S. The number of phosphoric ester groups is 3. The van der Waals surface area contributed by atoms with Crippen LogP contribution in [0.4, 0.5) is 5.82 Å². The number of unbranched alkanes of at least 4 members (excludes halogenated alkanes) is 10. The van der Waals surface area contributed by atoms with E-state index >= 15 is 0 Å². The van der Waals surface area contributed by atoms with Crippen LogP contribution in [0.25, 0.3) is 11.2 Å². The molecule has 8 atom stereocenters. The summed E-state index contributed by atoms with van der Waals surface area (Å²) in [5.74, 6) is -0.253. The van der Waals surface area contributed by atoms with Crippen molar-refractivity contribution in [3.8, 4) is 0 Å². The van der Waals surface area contributed by atoms with Crippen LogP contribution in [0.5, 0.6) is 0 Å². The van der Waals surface area contributed by atoms with E-state index in [0.29, 0.717) is 12.2 Å². The van der Waals surface area contributed by atoms with E-state index in [1.165, 1.54) is 84.5 Å². The first kappa shape index (κ1) is 59.9. The lowest BCUT2D eigenvalue weighted by molar-refractivity contribution is -0.137. The van der Waals surface area contributed by atoms with Gasteiger partial charge in [-0.2, -0.15) is 4.31 Å². The lowest BCUT2D eigenvalue weighted by Crippen LogP contribution is -2.46. The van der Waals surface area contributed by atoms with Crippen molar-refractivity contribution in [2.24, 2.45) is 11.3 Å². The van der Waals surface area contributed by atoms with E-state index in [2.05, 4.69) is 48.3 Å². The van der Waals surface area contributed by atoms with Crippen LogP contribution < -0.4 is 16.4 Å². The molecule has 68 heavy (non-hydrogen) atoms. The topological polar surface area (TPSA) is 364 Å². The van der Waals surface area contributed by atoms with Gasteiger partial charge >= 0.3 is 23.5 Å². The Hall–Kier alpha value is -2.44. The van der Waals surface area contributed by atoms with Crippen molar-refractivity contribution < 1.29 is 80.5 Å². The Kier molecular flexibility index (Phi) is 25.7. The minimum absolute atomic E-state index is 0.0339. The molecule has 390 valence electrons. The van der Waals surface area contributed by atoms with E-state index in [4.69, 9.17) is 19.5 Å². The van der Waals surface area contributed by atoms with Crippen molar-refractivity contribution in [1.82, 2.24) is 30.2 Å². The summed E-state index contributed by atoms with van der Waals surface area (Å²) in [4.78, 5) is 88.5. The minimum Gasteiger partial charge on any atom is -0.386 e. The molecule has 28 heteroatoms. The Bertz CT molecular complexity index is 2030. The van der Waals surface area contributed by atoms with Gasteiger partial charge in [0, 0.05) is 37.1 Å². The number of carbonyl (C=O) groups excluding carboxylic acids is 3. The number of aliphatic hydroxyl groups excluding tert-OH is 2. The number of nitrogens with one attached hydrogen (secondary N) is 2. The number of carbonyl (C=O) groups is 3. The summed E-state index contributed by atoms with van der Waals surface area (Å²) in [7, 11) is -16.4. The van der Waals surface area contributed by atoms with E-state index in [0.717, 1.165) is 54.2 Å². The average molecular weight is 1050 g/mol. The van der Waals surface area contributed by atoms with Crippen LogP contribution in [0.1, 0.15) is 137 Å². The second kappa shape index (κ2) is 29.2. The first-order chi connectivity index (χ1) is 31.9. The Morgan fingerprint density at radius 2 is 1.50 bits per heavy atom. The fourth-order valence-electron chi connectivity index (χ4n) is 7.25. The summed E-state index contributed by atoms with van der Waals surface area (Å²) in [5.41, 5.74) is 4.29. The molecule has 1 fully saturated rings. The van der Waals surface area contributed by atoms with Gasteiger partial charge < -0.3 is 50.9 Å². The molecule has 3 rings (SSSR count). The maximum absolute atomic E-state index is 12.7. The number of hydrogen-bond donors (Lipinski definition) is 9. The number of phosphoric acid groups is 3. The quantitative estimate of drug-likeness (QED) is 0.0317. The van der Waals surface area contributed by atoms with Crippen molar-refractivity contribution in [3.05, 3.63) is 12.7 Å². The molecule has 0 radical (unpaired) electrons. The number of anilines is 1. The number of amides is 2. The zero-order chi connectivity index (χ0) is 50.5. The third kappa shape index (κ3) is 21.9. The molecule has 1 aliphatic heterocycles. The molecule has 2 amide bonds. The number of nitrogens with zero attached hydrogens (tertiary/aromatic N) is 4. The van der Waals surface area contributed by atoms with E-state index in [9.17, 15) is 57.9 Å². The highest BCUT2D eigenvalue weighted by Gasteiger charge is 2.50. The number of aliphatic hydroxyl groups is 2. The van der Waals surface area contributed by atoms with Gasteiger partial charge in [0.25, 0.3) is 0 Å². The lowest BCUT2D eigenvalue weighted by atomic mass is 9.87. The number of rotatable bonds is 35. The van der Waals surface area contributed by atoms with Crippen LogP contribution in [0.2, 0.25) is 0 Å². The molecule has 0 aliphatic carbocycles. The molecule has 3 heterocycles. The molecule has 2 aromatic rings. The second-order valence-corrected chi connectivity index (χ2v) is 23.0. The first-order valence-corrected chi connectivity index (χ1v) is 28.5. The maximum Gasteiger partial charge on any atom is 0.481 e. The number of hydrogen-bond acceptors (Lipinski definition) is 18. The van der Waals surface area contributed by atoms with Gasteiger partial charge in [0.05, 0.1) is 19.5 Å². The highest BCUT2D eigenvalue weighted by Crippen LogP contribution is 2.61. The fourth-order valence-corrected chi connectivity index (χ4v) is 10.8. The van der Waals surface area contributed by atoms with Crippen LogP contribution in [-0.2, 0) is 50.7 Å². The molecule has 1 saturated heterocycles. The minimum atomic E-state index is -5.58. The van der Waals surface area contributed by atoms with Crippen LogP contribution in [0.15, 0.2) is 12.7 Å². The van der Waals surface area contributed by atoms with Crippen molar-refractivity contribution in [2.75, 3.05) is 37.8 Å². The van der Waals surface area contributed by atoms with Crippen molar-refractivity contribution in [3.63, 3.8) is 0 Å². The smallest absolute Gasteiger partial charge is 0.386 e. The fraction of sp³-hybridized carbons (Fsp3) is 0.800. The van der Waals surface area contributed by atoms with Crippen LogP contribution >= 0.6 is 35.2 Å². The van der Waals surface area contributed by atoms with E-state index < -0.39 is 84.6 Å². The molecule has 0 spiro atoms. The number of nitrogens with two attached hydrogens (primary N) is 1. The maximum atomic E-state index is 12.7. The molecule has 24 nitrogen and oxygen atoms in total. The zero-order valence-electron chi connectivity index (χ0n) is 39.3. The van der Waals surface area contributed by atoms with Gasteiger partial charge in [-0.15, -0.1) is 0 Å². The number of nitrogen functional groups attached to an aromatic ring is 1. The number of fused-ring (bicyclic) bond motifs is 1. The highest BCUT2D eigenvalue weighted by atomic mass is 32.2. The van der Waals surface area contributed by atoms with Gasteiger partial charge in [-0.1, -0.05) is 123 Å². The summed E-state index contributed by atoms with van der Waals surface area (Å²) < 4.78 is 62.5. The molecule has 0 saturated carbocycles. The average Bonchev–Trinajstić information content (AvgIpc) is 3.82. The lowest BCUT2D eigenvalue weighted by Gasteiger charge is -2.30. The summed E-state index contributed by atoms with van der Waals surface area (Å²) in [6.45, 7) is 5.17. The van der Waals surface area contributed by atoms with Crippen molar-refractivity contribution in [1.29, 1.82) is 0 Å². The monoisotopic (exact) mass is 1050 g/mol. The summed E-state index contributed by atoms with van der Waals surface area (Å²) in [6, 6.07) is 0. The van der Waals surface area contributed by atoms with Crippen LogP contribution in [0, 0.1) is 11.3 Å². The highest BCUT2D eigenvalue weighted by molar-refractivity contribution is 8.13. The zero-order valence-corrected chi connectivity index (χ0v) is 42.8. The van der Waals surface area contributed by atoms with Gasteiger partial charge in [-0.3, -0.25) is 32.5 Å². The van der Waals surface area contributed by atoms with Crippen LogP contribution in [0.3, 0.4) is 0 Å². The number of aromatic nitrogens is 4. The van der Waals surface area contributed by atoms with Gasteiger partial charge in [-0.05, 0) is 12.3 Å². The van der Waals surface area contributed by atoms with Crippen molar-refractivity contribution >= 4 is 69.1 Å². The Balaban J connectivity index is 1.30. The van der Waals surface area contributed by atoms with Crippen molar-refractivity contribution in [2.45, 2.75) is 161 Å². The van der Waals surface area contributed by atoms with Gasteiger partial charge in [0.2, 0.25) is 11.8 Å². The summed E-state index contributed by atoms with van der Waals surface area (Å²) in [5, 5.41) is 26.7. The van der Waals surface area contributed by atoms with Crippen LogP contribution in [-0.4, -0.2) is 123 Å². The van der Waals surface area contributed by atoms with E-state index in [1.807, 2.05) is 0 Å². The number of ether oxygens (including phenoxy) is 1. The molecular weight excluding hydrogens is 975 g/mol. The summed E-state index contributed by atoms with van der Waals surface area (Å²) in [6.07, 6.45) is 10.9. The van der Waals surface area contributed by atoms with Gasteiger partial charge in [0.1, 0.15) is 36.3 Å². The molecule has 10 N–H and O–H groups in total. The standard InChI is InChI=1S/C40H72N7O17P3S/c1-5-6-7-8-9-11-14-17-28(2)18-15-12-10-13-16-19-31(49)68-23-22-42-30(48)20-21-43-38(52)35(51)40(3,4)25-61-67(58,59)64-66(56,57)60-24-29-34(63-65(53,54)55)33(50)39(62-29)47-27-46-32-36(41)44-26-45-37(32)47/h26-29,33-35,39,50-51H,5-25H2,1-4H3,(H,42,48)(H,43,52)(H,56,57)(H,58,59)(H2,41,44,45)(H2,53,54,55). The Labute approximate surface area is 401 Å². The predicted octanol–water partition coefficient (Wildman–Crippen LogP) is 5.17. The number of imidazole rings is 1. The second-order valence-electron chi connectivity index (χ2n) is 17.6. The van der Waals surface area contributed by atoms with Gasteiger partial charge in [-0.25, -0.2) is 28.6 Å². The van der Waals surface area contributed by atoms with E-state index in [1.54, 1.807) is 0 Å². The normalized spacial score (nSPS) is 20.4. The Morgan fingerprint density at radius 3 is 2.15 bits per heavy atom. The molecule has 2 aromatic heterocycles. The number of thioether (sulfide) groups is 1. The third-order valence-corrected chi connectivity index (χ3v) is 15.2. The summed E-state index contributed by atoms with van der Waals surface area (Å²) >= 11 is 1.16. The van der Waals surface area contributed by atoms with E-state index in [-0.39, 0.29) is 41.6 Å². The first-order valence-electron chi connectivity index (χ1n) is 23.0. The molecule has 1 aliphatic rings.